The quantitative estimate of drug-likeness (QED) is 0.121. The van der Waals surface area contributed by atoms with Crippen molar-refractivity contribution < 1.29 is 26.7 Å². The third-order valence-corrected chi connectivity index (χ3v) is 8.60. The van der Waals surface area contributed by atoms with Gasteiger partial charge in [0.1, 0.15) is 21.4 Å². The van der Waals surface area contributed by atoms with Crippen molar-refractivity contribution in [2.45, 2.75) is 37.1 Å². The summed E-state index contributed by atoms with van der Waals surface area (Å²) in [5.41, 5.74) is 2.10. The van der Waals surface area contributed by atoms with Crippen LogP contribution in [0.3, 0.4) is 0 Å². The van der Waals surface area contributed by atoms with Crippen LogP contribution in [0, 0.1) is 10.1 Å². The highest BCUT2D eigenvalue weighted by Gasteiger charge is 2.25. The van der Waals surface area contributed by atoms with Crippen molar-refractivity contribution >= 4 is 44.3 Å². The Labute approximate surface area is 228 Å². The van der Waals surface area contributed by atoms with E-state index in [0.29, 0.717) is 21.9 Å². The third-order valence-electron chi connectivity index (χ3n) is 6.14. The molecule has 12 heteroatoms. The second kappa shape index (κ2) is 11.2. The summed E-state index contributed by atoms with van der Waals surface area (Å²) in [6.07, 6.45) is 7.04. The highest BCUT2D eigenvalue weighted by Crippen LogP contribution is 2.40. The molecule has 10 nitrogen and oxygen atoms in total. The lowest BCUT2D eigenvalue weighted by Crippen LogP contribution is -2.23. The Bertz CT molecular complexity index is 1620. The highest BCUT2D eigenvalue weighted by atomic mass is 32.2. The second-order valence-corrected chi connectivity index (χ2v) is 11.4. The number of hydrogen-bond acceptors (Lipinski definition) is 9. The molecule has 0 radical (unpaired) electrons. The first-order valence-electron chi connectivity index (χ1n) is 12.1. The number of fused-ring (bicyclic) bond motifs is 1. The predicted octanol–water partition coefficient (Wildman–Crippen LogP) is 5.58. The maximum absolute atomic E-state index is 13.1. The van der Waals surface area contributed by atoms with Crippen LogP contribution in [0.4, 0.5) is 10.7 Å². The lowest BCUT2D eigenvalue weighted by atomic mass is 9.95. The molecule has 1 aliphatic carbocycles. The summed E-state index contributed by atoms with van der Waals surface area (Å²) in [5, 5.41) is 14.3. The van der Waals surface area contributed by atoms with E-state index in [1.54, 1.807) is 36.7 Å². The lowest BCUT2D eigenvalue weighted by molar-refractivity contribution is -0.384. The van der Waals surface area contributed by atoms with Crippen LogP contribution in [-0.2, 0) is 29.5 Å². The van der Waals surface area contributed by atoms with E-state index >= 15 is 0 Å². The fraction of sp³-hybridized carbons (Fsp3) is 0.185. The standard InChI is InChI=1S/C27H23N3O7S2/c31-26(28-17-21-4-3-15-36-21)25-23-5-1-2-6-24(23)38-27(25)29-16-18-7-11-20(12-8-18)37-39(34,35)22-13-9-19(10-14-22)30(32)33/h3-4,7-16H,1-2,5-6,17H2,(H,28,31). The van der Waals surface area contributed by atoms with E-state index in [1.807, 2.05) is 0 Å². The van der Waals surface area contributed by atoms with Crippen LogP contribution in [-0.4, -0.2) is 25.5 Å². The van der Waals surface area contributed by atoms with Gasteiger partial charge in [-0.1, -0.05) is 0 Å². The number of carbonyl (C=O) groups is 1. The molecule has 0 saturated heterocycles. The number of rotatable bonds is 9. The van der Waals surface area contributed by atoms with Crippen LogP contribution < -0.4 is 9.50 Å². The van der Waals surface area contributed by atoms with Crippen molar-refractivity contribution in [2.75, 3.05) is 0 Å². The summed E-state index contributed by atoms with van der Waals surface area (Å²) in [5.74, 6) is 0.545. The molecule has 0 atom stereocenters. The first-order chi connectivity index (χ1) is 18.8. The predicted molar refractivity (Wildman–Crippen MR) is 145 cm³/mol. The van der Waals surface area contributed by atoms with Crippen molar-refractivity contribution in [1.29, 1.82) is 0 Å². The molecule has 200 valence electrons. The molecule has 0 saturated carbocycles. The van der Waals surface area contributed by atoms with Crippen LogP contribution in [0.15, 0.2) is 81.2 Å². The molecule has 0 spiro atoms. The minimum absolute atomic E-state index is 0.0788. The van der Waals surface area contributed by atoms with Crippen molar-refractivity contribution in [1.82, 2.24) is 5.32 Å². The van der Waals surface area contributed by atoms with Gasteiger partial charge in [0.05, 0.1) is 23.3 Å². The van der Waals surface area contributed by atoms with Gasteiger partial charge in [0, 0.05) is 23.2 Å². The van der Waals surface area contributed by atoms with Crippen LogP contribution >= 0.6 is 11.3 Å². The largest absolute Gasteiger partial charge is 0.467 e. The van der Waals surface area contributed by atoms with Crippen molar-refractivity contribution in [2.24, 2.45) is 4.99 Å². The molecule has 5 rings (SSSR count). The number of nitrogens with zero attached hydrogens (tertiary/aromatic N) is 2. The molecule has 39 heavy (non-hydrogen) atoms. The van der Waals surface area contributed by atoms with Crippen LogP contribution in [0.2, 0.25) is 0 Å². The third kappa shape index (κ3) is 6.07. The summed E-state index contributed by atoms with van der Waals surface area (Å²) in [7, 11) is -4.17. The number of benzene rings is 2. The van der Waals surface area contributed by atoms with Crippen molar-refractivity contribution in [3.63, 3.8) is 0 Å². The number of thiophene rings is 1. The number of amides is 1. The normalized spacial score (nSPS) is 13.2. The van der Waals surface area contributed by atoms with Gasteiger partial charge in [0.15, 0.2) is 0 Å². The van der Waals surface area contributed by atoms with Gasteiger partial charge in [-0.05, 0) is 85.3 Å². The van der Waals surface area contributed by atoms with Crippen molar-refractivity contribution in [3.8, 4) is 5.75 Å². The number of aryl methyl sites for hydroxylation is 1. The molecule has 1 amide bonds. The van der Waals surface area contributed by atoms with E-state index in [9.17, 15) is 23.3 Å². The van der Waals surface area contributed by atoms with E-state index in [4.69, 9.17) is 8.60 Å². The average Bonchev–Trinajstić information content (AvgIpc) is 3.59. The molecule has 1 N–H and O–H groups in total. The molecule has 2 aromatic carbocycles. The number of non-ortho nitro benzene ring substituents is 1. The number of carbonyl (C=O) groups excluding carboxylic acids is 1. The van der Waals surface area contributed by atoms with Gasteiger partial charge in [0.2, 0.25) is 0 Å². The molecule has 1 aliphatic rings. The summed E-state index contributed by atoms with van der Waals surface area (Å²) in [4.78, 5) is 28.9. The van der Waals surface area contributed by atoms with Gasteiger partial charge in [-0.3, -0.25) is 14.9 Å². The van der Waals surface area contributed by atoms with Crippen LogP contribution in [0.1, 0.15) is 45.0 Å². The molecule has 0 unspecified atom stereocenters. The Morgan fingerprint density at radius 2 is 1.85 bits per heavy atom. The number of furan rings is 1. The molecule has 2 heterocycles. The Hall–Kier alpha value is -4.29. The fourth-order valence-electron chi connectivity index (χ4n) is 4.20. The highest BCUT2D eigenvalue weighted by molar-refractivity contribution is 7.87. The van der Waals surface area contributed by atoms with E-state index in [2.05, 4.69) is 10.3 Å². The fourth-order valence-corrected chi connectivity index (χ4v) is 6.36. The first-order valence-corrected chi connectivity index (χ1v) is 14.3. The summed E-state index contributed by atoms with van der Waals surface area (Å²) < 4.78 is 35.6. The number of hydrogen-bond donors (Lipinski definition) is 1. The molecule has 4 aromatic rings. The SMILES string of the molecule is O=C(NCc1ccco1)c1c(N=Cc2ccc(OS(=O)(=O)c3ccc([N+](=O)[O-])cc3)cc2)sc2c1CCCC2. The molecular formula is C27H23N3O7S2. The number of nitro groups is 1. The Morgan fingerprint density at radius 3 is 2.54 bits per heavy atom. The van der Waals surface area contributed by atoms with Gasteiger partial charge in [0.25, 0.3) is 11.6 Å². The van der Waals surface area contributed by atoms with E-state index in [1.165, 1.54) is 28.3 Å². The van der Waals surface area contributed by atoms with Gasteiger partial charge in [-0.25, -0.2) is 4.99 Å². The minimum atomic E-state index is -4.17. The van der Waals surface area contributed by atoms with Gasteiger partial charge in [-0.15, -0.1) is 11.3 Å². The maximum atomic E-state index is 13.1. The summed E-state index contributed by atoms with van der Waals surface area (Å²) in [6, 6.07) is 14.3. The minimum Gasteiger partial charge on any atom is -0.467 e. The number of nitro benzene ring substituents is 1. The van der Waals surface area contributed by atoms with E-state index < -0.39 is 15.0 Å². The lowest BCUT2D eigenvalue weighted by Gasteiger charge is -2.12. The van der Waals surface area contributed by atoms with E-state index in [0.717, 1.165) is 55.5 Å². The van der Waals surface area contributed by atoms with Gasteiger partial charge >= 0.3 is 10.1 Å². The van der Waals surface area contributed by atoms with Gasteiger partial charge in [-0.2, -0.15) is 8.42 Å². The Balaban J connectivity index is 1.31. The van der Waals surface area contributed by atoms with E-state index in [-0.39, 0.29) is 28.8 Å². The first kappa shape index (κ1) is 26.3. The Morgan fingerprint density at radius 1 is 1.10 bits per heavy atom. The zero-order valence-electron chi connectivity index (χ0n) is 20.5. The van der Waals surface area contributed by atoms with Crippen molar-refractivity contribution in [3.05, 3.63) is 104 Å². The number of nitrogens with one attached hydrogen (secondary N) is 1. The Kier molecular flexibility index (Phi) is 7.57. The summed E-state index contributed by atoms with van der Waals surface area (Å²) >= 11 is 1.52. The second-order valence-electron chi connectivity index (χ2n) is 8.77. The van der Waals surface area contributed by atoms with Gasteiger partial charge < -0.3 is 13.9 Å². The smallest absolute Gasteiger partial charge is 0.339 e. The molecule has 0 bridgehead atoms. The zero-order valence-corrected chi connectivity index (χ0v) is 22.2. The topological polar surface area (TPSA) is 141 Å². The average molecular weight is 566 g/mol. The van der Waals surface area contributed by atoms with Crippen LogP contribution in [0.5, 0.6) is 5.75 Å². The monoisotopic (exact) mass is 565 g/mol. The van der Waals surface area contributed by atoms with Crippen LogP contribution in [0.25, 0.3) is 0 Å². The molecular weight excluding hydrogens is 542 g/mol. The molecule has 2 aromatic heterocycles. The zero-order chi connectivity index (χ0) is 27.4. The molecule has 0 aliphatic heterocycles. The summed E-state index contributed by atoms with van der Waals surface area (Å²) in [6.45, 7) is 0.282. The number of aliphatic imine (C=N–C) groups is 1. The maximum Gasteiger partial charge on any atom is 0.339 e. The molecule has 0 fully saturated rings.